The zero-order chi connectivity index (χ0) is 65.0. The molecule has 4 aliphatic rings. The number of carbonyl (C=O) groups excluding carboxylic acids is 2. The van der Waals surface area contributed by atoms with Crippen molar-refractivity contribution in [3.8, 4) is 17.2 Å². The first kappa shape index (κ1) is 70.6. The maximum Gasteiger partial charge on any atom is 0.514 e. The van der Waals surface area contributed by atoms with Crippen LogP contribution in [0.1, 0.15) is 64.5 Å². The van der Waals surface area contributed by atoms with Gasteiger partial charge in [-0.2, -0.15) is 0 Å². The smallest absolute Gasteiger partial charge is 0.497 e. The molecule has 26 nitrogen and oxygen atoms in total. The van der Waals surface area contributed by atoms with Crippen LogP contribution in [-0.2, 0) is 71.0 Å². The molecule has 5 aromatic carbocycles. The topological polar surface area (TPSA) is 332 Å². The van der Waals surface area contributed by atoms with Crippen molar-refractivity contribution in [3.05, 3.63) is 155 Å². The van der Waals surface area contributed by atoms with Gasteiger partial charge >= 0.3 is 12.2 Å². The van der Waals surface area contributed by atoms with E-state index >= 15 is 0 Å². The third-order valence-electron chi connectivity index (χ3n) is 15.3. The summed E-state index contributed by atoms with van der Waals surface area (Å²) in [5.41, 5.74) is 7.86. The van der Waals surface area contributed by atoms with Crippen LogP contribution in [0.15, 0.2) is 143 Å². The van der Waals surface area contributed by atoms with E-state index in [2.05, 4.69) is 5.32 Å². The second-order valence-corrected chi connectivity index (χ2v) is 25.3. The summed E-state index contributed by atoms with van der Waals surface area (Å²) in [7, 11) is -5.17. The molecule has 0 saturated carbocycles. The van der Waals surface area contributed by atoms with Crippen molar-refractivity contribution in [1.29, 1.82) is 0 Å². The fourth-order valence-electron chi connectivity index (χ4n) is 9.72. The summed E-state index contributed by atoms with van der Waals surface area (Å²) in [4.78, 5) is 46.1. The third kappa shape index (κ3) is 20.0. The number of aliphatic hydroxyl groups is 2. The SMILES string of the molecule is CCC(C)ON(CC(O)C(Cc1ccccc1)NC(=O)OC1COC2OCCC12)S(=O)(=O)c1ccc(OC)cc1.CCC(C)ON(CC(O)C(N)Cc1ccccc1)S(=O)(=O)c1ccc(OC)cc1.O=C(Oc1ccc([N+](=O)[O-])cc1)OC1COC2OCCC12. The lowest BCUT2D eigenvalue weighted by Gasteiger charge is -2.30. The van der Waals surface area contributed by atoms with Crippen molar-refractivity contribution in [2.75, 3.05) is 53.7 Å². The summed E-state index contributed by atoms with van der Waals surface area (Å²) in [5, 5.41) is 35.2. The number of methoxy groups -OCH3 is 2. The van der Waals surface area contributed by atoms with Gasteiger partial charge in [-0.25, -0.2) is 26.4 Å². The first-order valence-corrected chi connectivity index (χ1v) is 32.4. The minimum Gasteiger partial charge on any atom is -0.497 e. The normalized spacial score (nSPS) is 21.4. The van der Waals surface area contributed by atoms with Crippen LogP contribution in [-0.4, -0.2) is 168 Å². The van der Waals surface area contributed by atoms with Gasteiger partial charge < -0.3 is 63.9 Å². The largest absolute Gasteiger partial charge is 0.514 e. The Labute approximate surface area is 524 Å². The van der Waals surface area contributed by atoms with Crippen molar-refractivity contribution in [1.82, 2.24) is 14.3 Å². The molecule has 0 aromatic heterocycles. The zero-order valence-electron chi connectivity index (χ0n) is 51.0. The number of nitrogens with zero attached hydrogens (tertiary/aromatic N) is 3. The number of ether oxygens (including phenoxy) is 9. The summed E-state index contributed by atoms with van der Waals surface area (Å²) in [5.74, 6) is 1.22. The van der Waals surface area contributed by atoms with Gasteiger partial charge in [0, 0.05) is 18.2 Å². The number of rotatable bonds is 27. The molecule has 0 spiro atoms. The minimum absolute atomic E-state index is 0.0228. The predicted octanol–water partition coefficient (Wildman–Crippen LogP) is 7.09. The van der Waals surface area contributed by atoms with Gasteiger partial charge in [0.1, 0.15) is 29.5 Å². The lowest BCUT2D eigenvalue weighted by atomic mass is 10.0. The molecule has 4 fully saturated rings. The molecule has 4 heterocycles. The molecule has 0 bridgehead atoms. The summed E-state index contributed by atoms with van der Waals surface area (Å²) in [6, 6.07) is 34.3. The highest BCUT2D eigenvalue weighted by Crippen LogP contribution is 2.35. The number of nitrogens with two attached hydrogens (primary N) is 1. The van der Waals surface area contributed by atoms with Crippen LogP contribution in [0.2, 0.25) is 0 Å². The number of hydrogen-bond donors (Lipinski definition) is 4. The van der Waals surface area contributed by atoms with Crippen LogP contribution >= 0.6 is 0 Å². The molecule has 1 amide bonds. The highest BCUT2D eigenvalue weighted by molar-refractivity contribution is 7.89. The molecule has 28 heteroatoms. The molecule has 90 heavy (non-hydrogen) atoms. The molecule has 0 radical (unpaired) electrons. The molecular weight excluding hydrogens is 1210 g/mol. The van der Waals surface area contributed by atoms with E-state index in [0.29, 0.717) is 44.0 Å². The molecule has 12 unspecified atom stereocenters. The maximum atomic E-state index is 13.6. The van der Waals surface area contributed by atoms with Crippen LogP contribution in [0.25, 0.3) is 0 Å². The molecule has 0 aliphatic carbocycles. The van der Waals surface area contributed by atoms with Gasteiger partial charge in [0.15, 0.2) is 12.6 Å². The highest BCUT2D eigenvalue weighted by Gasteiger charge is 2.46. The minimum atomic E-state index is -4.17. The fraction of sp³-hybridized carbons (Fsp3) is 0.484. The number of amides is 1. The van der Waals surface area contributed by atoms with Gasteiger partial charge in [0.05, 0.1) is 111 Å². The molecule has 5 aromatic rings. The van der Waals surface area contributed by atoms with Gasteiger partial charge in [-0.15, -0.1) is 0 Å². The van der Waals surface area contributed by atoms with E-state index in [1.807, 2.05) is 74.5 Å². The Morgan fingerprint density at radius 3 is 1.51 bits per heavy atom. The average molecular weight is 1300 g/mol. The maximum absolute atomic E-state index is 13.6. The molecule has 9 rings (SSSR count). The highest BCUT2D eigenvalue weighted by atomic mass is 32.2. The van der Waals surface area contributed by atoms with Gasteiger partial charge in [0.2, 0.25) is 0 Å². The Bertz CT molecular complexity index is 3250. The zero-order valence-corrected chi connectivity index (χ0v) is 52.6. The number of carbonyl (C=O) groups is 2. The van der Waals surface area contributed by atoms with Gasteiger partial charge in [-0.3, -0.25) is 19.8 Å². The van der Waals surface area contributed by atoms with Crippen molar-refractivity contribution < 1.29 is 93.9 Å². The first-order chi connectivity index (χ1) is 43.1. The quantitative estimate of drug-likeness (QED) is 0.0176. The Morgan fingerprint density at radius 1 is 0.633 bits per heavy atom. The lowest BCUT2D eigenvalue weighted by molar-refractivity contribution is -0.384. The predicted molar refractivity (Wildman–Crippen MR) is 325 cm³/mol. The van der Waals surface area contributed by atoms with E-state index in [0.717, 1.165) is 32.9 Å². The Hall–Kier alpha value is -6.90. The molecule has 5 N–H and O–H groups in total. The summed E-state index contributed by atoms with van der Waals surface area (Å²) < 4.78 is 103. The number of hydroxylamine groups is 2. The number of benzene rings is 5. The summed E-state index contributed by atoms with van der Waals surface area (Å²) in [6.07, 6.45) is -3.06. The van der Waals surface area contributed by atoms with E-state index in [1.165, 1.54) is 74.9 Å². The van der Waals surface area contributed by atoms with Crippen LogP contribution in [0.3, 0.4) is 0 Å². The van der Waals surface area contributed by atoms with Gasteiger partial charge in [0.25, 0.3) is 25.7 Å². The van der Waals surface area contributed by atoms with Gasteiger partial charge in [-0.05, 0) is 124 Å². The number of fused-ring (bicyclic) bond motifs is 2. The number of aliphatic hydroxyl groups excluding tert-OH is 2. The molecule has 492 valence electrons. The number of non-ortho nitro benzene ring substituents is 1. The molecule has 4 aliphatic heterocycles. The molecular formula is C62H81N5O21S2. The number of alkyl carbamates (subject to hydrolysis) is 1. The van der Waals surface area contributed by atoms with E-state index < -0.39 is 80.3 Å². The number of hydrogen-bond acceptors (Lipinski definition) is 22. The van der Waals surface area contributed by atoms with Crippen molar-refractivity contribution in [3.63, 3.8) is 0 Å². The number of nitro benzene ring substituents is 1. The van der Waals surface area contributed by atoms with E-state index in [-0.39, 0.29) is 84.0 Å². The third-order valence-corrected chi connectivity index (χ3v) is 18.5. The molecule has 4 saturated heterocycles. The monoisotopic (exact) mass is 1300 g/mol. The first-order valence-electron chi connectivity index (χ1n) is 29.5. The Kier molecular flexibility index (Phi) is 26.6. The van der Waals surface area contributed by atoms with Gasteiger partial charge in [-0.1, -0.05) is 83.4 Å². The van der Waals surface area contributed by atoms with Crippen LogP contribution in [0, 0.1) is 22.0 Å². The molecule has 12 atom stereocenters. The number of sulfonamides is 2. The van der Waals surface area contributed by atoms with Crippen molar-refractivity contribution >= 4 is 38.0 Å². The van der Waals surface area contributed by atoms with Crippen LogP contribution < -0.4 is 25.3 Å². The van der Waals surface area contributed by atoms with E-state index in [1.54, 1.807) is 26.0 Å². The Morgan fingerprint density at radius 2 is 1.07 bits per heavy atom. The number of nitrogens with one attached hydrogen (secondary N) is 1. The average Bonchev–Trinajstić information content (AvgIpc) is 2.05. The van der Waals surface area contributed by atoms with Crippen molar-refractivity contribution in [2.45, 2.75) is 137 Å². The van der Waals surface area contributed by atoms with Crippen molar-refractivity contribution in [2.24, 2.45) is 17.6 Å². The standard InChI is InChI=1S/C28H38N2O9S.C21H30N2O5S.C13H13NO7/c1-4-19(2)39-30(40(33,34)22-12-10-21(35-3)11-13-22)17-25(31)24(16-20-8-6-5-7-9-20)29-28(32)38-26-18-37-27-23(26)14-15-36-27;1-4-16(2)28-23(29(25,26)19-12-10-18(27-3)11-13-19)15-21(24)20(22)14-17-8-6-5-7-9-17;15-13(20-9-3-1-8(2-4-9)14(16)17)21-11-7-19-12-10(11)5-6-18-12/h5-13,19,23-27,31H,4,14-18H2,1-3H3,(H,29,32);5-13,16,20-21,24H,4,14-15,22H2,1-3H3;1-4,10-12H,5-7H2. The van der Waals surface area contributed by atoms with Crippen LogP contribution in [0.4, 0.5) is 15.3 Å². The summed E-state index contributed by atoms with van der Waals surface area (Å²) >= 11 is 0. The van der Waals surface area contributed by atoms with Crippen LogP contribution in [0.5, 0.6) is 17.2 Å². The second kappa shape index (κ2) is 34.0. The van der Waals surface area contributed by atoms with E-state index in [4.69, 9.17) is 58.0 Å². The lowest BCUT2D eigenvalue weighted by Crippen LogP contribution is -2.51. The fourth-order valence-corrected chi connectivity index (χ4v) is 12.4. The van der Waals surface area contributed by atoms with E-state index in [9.17, 15) is 46.8 Å². The Balaban J connectivity index is 0.000000202. The number of nitro groups is 1. The summed E-state index contributed by atoms with van der Waals surface area (Å²) in [6.45, 7) is 8.20. The second-order valence-electron chi connectivity index (χ2n) is 21.7.